The Kier molecular flexibility index (Phi) is 4.41. The van der Waals surface area contributed by atoms with Crippen LogP contribution in [0.15, 0.2) is 12.2 Å². The minimum atomic E-state index is -1.87. The minimum Gasteiger partial charge on any atom is -0.350 e. The predicted octanol–water partition coefficient (Wildman–Crippen LogP) is 1.47. The number of alkyl halides is 1. The van der Waals surface area contributed by atoms with Crippen molar-refractivity contribution in [2.75, 3.05) is 6.16 Å². The maximum atomic E-state index is 8.47. The molecule has 0 rings (SSSR count). The highest BCUT2D eigenvalue weighted by molar-refractivity contribution is 7.45. The van der Waals surface area contributed by atoms with E-state index in [-0.39, 0.29) is 11.5 Å². The van der Waals surface area contributed by atoms with Crippen LogP contribution in [-0.4, -0.2) is 21.3 Å². The molecule has 0 spiro atoms. The second-order valence-electron chi connectivity index (χ2n) is 1.87. The summed E-state index contributed by atoms with van der Waals surface area (Å²) in [4.78, 5) is 16.9. The standard InChI is InChI=1S/C5H10ClO2P/c1-4(2)5(6)3-9(7)8/h5,7-8H,1,3H2,2H3. The van der Waals surface area contributed by atoms with Crippen LogP contribution in [0.5, 0.6) is 0 Å². The van der Waals surface area contributed by atoms with Crippen LogP contribution in [0.25, 0.3) is 0 Å². The molecule has 0 aromatic heterocycles. The van der Waals surface area contributed by atoms with Crippen molar-refractivity contribution in [3.8, 4) is 0 Å². The molecule has 4 heteroatoms. The van der Waals surface area contributed by atoms with Gasteiger partial charge in [-0.15, -0.1) is 11.6 Å². The molecule has 0 amide bonds. The fraction of sp³-hybridized carbons (Fsp3) is 0.600. The van der Waals surface area contributed by atoms with Crippen molar-refractivity contribution in [1.29, 1.82) is 0 Å². The first-order valence-corrected chi connectivity index (χ1v) is 4.35. The summed E-state index contributed by atoms with van der Waals surface area (Å²) in [6.07, 6.45) is 0.215. The van der Waals surface area contributed by atoms with E-state index in [1.807, 2.05) is 0 Å². The van der Waals surface area contributed by atoms with Crippen molar-refractivity contribution in [3.05, 3.63) is 12.2 Å². The number of hydrogen-bond donors (Lipinski definition) is 2. The Morgan fingerprint density at radius 2 is 2.22 bits per heavy atom. The van der Waals surface area contributed by atoms with Crippen molar-refractivity contribution in [2.24, 2.45) is 0 Å². The van der Waals surface area contributed by atoms with Crippen LogP contribution in [0.2, 0.25) is 0 Å². The van der Waals surface area contributed by atoms with Crippen LogP contribution in [0.3, 0.4) is 0 Å². The zero-order valence-corrected chi connectivity index (χ0v) is 6.86. The normalized spacial score (nSPS) is 13.9. The highest BCUT2D eigenvalue weighted by atomic mass is 35.5. The Bertz CT molecular complexity index is 105. The molecule has 2 N–H and O–H groups in total. The molecule has 0 bridgehead atoms. The van der Waals surface area contributed by atoms with Gasteiger partial charge < -0.3 is 9.79 Å². The summed E-state index contributed by atoms with van der Waals surface area (Å²) in [6, 6.07) is 0. The molecule has 0 saturated carbocycles. The number of rotatable bonds is 3. The summed E-state index contributed by atoms with van der Waals surface area (Å²) in [5.41, 5.74) is 0.771. The monoisotopic (exact) mass is 168 g/mol. The van der Waals surface area contributed by atoms with Crippen LogP contribution in [0.1, 0.15) is 6.92 Å². The second kappa shape index (κ2) is 4.24. The van der Waals surface area contributed by atoms with E-state index in [0.29, 0.717) is 0 Å². The van der Waals surface area contributed by atoms with E-state index in [1.54, 1.807) is 6.92 Å². The first kappa shape index (κ1) is 9.38. The Morgan fingerprint density at radius 1 is 1.78 bits per heavy atom. The van der Waals surface area contributed by atoms with E-state index in [1.165, 1.54) is 0 Å². The van der Waals surface area contributed by atoms with Gasteiger partial charge in [0.1, 0.15) is 0 Å². The zero-order valence-electron chi connectivity index (χ0n) is 5.21. The lowest BCUT2D eigenvalue weighted by Crippen LogP contribution is -2.03. The summed E-state index contributed by atoms with van der Waals surface area (Å²) in [5, 5.41) is -0.300. The maximum absolute atomic E-state index is 8.47. The van der Waals surface area contributed by atoms with Crippen molar-refractivity contribution in [3.63, 3.8) is 0 Å². The number of hydrogen-bond acceptors (Lipinski definition) is 2. The fourth-order valence-electron chi connectivity index (χ4n) is 0.299. The molecule has 2 nitrogen and oxygen atoms in total. The van der Waals surface area contributed by atoms with Crippen LogP contribution in [0.4, 0.5) is 0 Å². The van der Waals surface area contributed by atoms with Crippen LogP contribution < -0.4 is 0 Å². The van der Waals surface area contributed by atoms with Crippen LogP contribution in [-0.2, 0) is 0 Å². The average Bonchev–Trinajstić information content (AvgIpc) is 1.63. The van der Waals surface area contributed by atoms with E-state index < -0.39 is 8.38 Å². The summed E-state index contributed by atoms with van der Waals surface area (Å²) in [6.45, 7) is 5.32. The minimum absolute atomic E-state index is 0.215. The van der Waals surface area contributed by atoms with Crippen molar-refractivity contribution < 1.29 is 9.79 Å². The van der Waals surface area contributed by atoms with Gasteiger partial charge in [0.2, 0.25) is 0 Å². The molecular weight excluding hydrogens is 158 g/mol. The fourth-order valence-corrected chi connectivity index (χ4v) is 1.27. The Hall–Kier alpha value is 0.380. The quantitative estimate of drug-likeness (QED) is 0.381. The molecule has 0 saturated heterocycles. The molecule has 0 aromatic rings. The van der Waals surface area contributed by atoms with E-state index >= 15 is 0 Å². The third-order valence-corrected chi connectivity index (χ3v) is 2.29. The third-order valence-electron chi connectivity index (χ3n) is 0.858. The summed E-state index contributed by atoms with van der Waals surface area (Å²) in [7, 11) is -1.87. The SMILES string of the molecule is C=C(C)C(Cl)CP(O)O. The van der Waals surface area contributed by atoms with Gasteiger partial charge in [-0.05, 0) is 6.92 Å². The molecule has 0 aliphatic rings. The Morgan fingerprint density at radius 3 is 2.33 bits per heavy atom. The molecule has 1 atom stereocenters. The van der Waals surface area contributed by atoms with Crippen LogP contribution in [0, 0.1) is 0 Å². The Balaban J connectivity index is 3.50. The molecule has 0 radical (unpaired) electrons. The van der Waals surface area contributed by atoms with Gasteiger partial charge in [-0.3, -0.25) is 0 Å². The molecule has 0 aliphatic heterocycles. The number of allylic oxidation sites excluding steroid dienone is 1. The highest BCUT2D eigenvalue weighted by Gasteiger charge is 2.09. The molecular formula is C5H10ClO2P. The molecule has 0 aromatic carbocycles. The summed E-state index contributed by atoms with van der Waals surface area (Å²) < 4.78 is 0. The molecule has 0 heterocycles. The van der Waals surface area contributed by atoms with Gasteiger partial charge >= 0.3 is 0 Å². The van der Waals surface area contributed by atoms with Crippen LogP contribution >= 0.6 is 20.0 Å². The maximum Gasteiger partial charge on any atom is 0.166 e. The molecule has 0 fully saturated rings. The van der Waals surface area contributed by atoms with E-state index in [4.69, 9.17) is 21.4 Å². The van der Waals surface area contributed by atoms with Gasteiger partial charge in [-0.1, -0.05) is 12.2 Å². The highest BCUT2D eigenvalue weighted by Crippen LogP contribution is 2.27. The lowest BCUT2D eigenvalue weighted by molar-refractivity contribution is 0.482. The second-order valence-corrected chi connectivity index (χ2v) is 3.51. The molecule has 0 aliphatic carbocycles. The zero-order chi connectivity index (χ0) is 7.44. The summed E-state index contributed by atoms with van der Waals surface area (Å²) >= 11 is 5.61. The van der Waals surface area contributed by atoms with Gasteiger partial charge in [0.15, 0.2) is 8.38 Å². The Labute approximate surface area is 61.1 Å². The largest absolute Gasteiger partial charge is 0.350 e. The smallest absolute Gasteiger partial charge is 0.166 e. The van der Waals surface area contributed by atoms with Crippen molar-refractivity contribution >= 4 is 20.0 Å². The summed E-state index contributed by atoms with van der Waals surface area (Å²) in [5.74, 6) is 0. The van der Waals surface area contributed by atoms with Gasteiger partial charge in [-0.2, -0.15) is 0 Å². The predicted molar refractivity (Wildman–Crippen MR) is 40.7 cm³/mol. The lowest BCUT2D eigenvalue weighted by atomic mass is 10.3. The molecule has 54 valence electrons. The van der Waals surface area contributed by atoms with Gasteiger partial charge in [0, 0.05) is 6.16 Å². The van der Waals surface area contributed by atoms with Crippen molar-refractivity contribution in [1.82, 2.24) is 0 Å². The van der Waals surface area contributed by atoms with Gasteiger partial charge in [0.05, 0.1) is 5.38 Å². The van der Waals surface area contributed by atoms with E-state index in [9.17, 15) is 0 Å². The van der Waals surface area contributed by atoms with E-state index in [2.05, 4.69) is 6.58 Å². The average molecular weight is 169 g/mol. The molecule has 1 unspecified atom stereocenters. The molecule has 9 heavy (non-hydrogen) atoms. The topological polar surface area (TPSA) is 40.5 Å². The van der Waals surface area contributed by atoms with Gasteiger partial charge in [0.25, 0.3) is 0 Å². The first-order valence-electron chi connectivity index (χ1n) is 2.48. The third kappa shape index (κ3) is 4.86. The first-order chi connectivity index (χ1) is 4.04. The van der Waals surface area contributed by atoms with Crippen molar-refractivity contribution in [2.45, 2.75) is 12.3 Å². The lowest BCUT2D eigenvalue weighted by Gasteiger charge is -2.07. The van der Waals surface area contributed by atoms with E-state index in [0.717, 1.165) is 5.57 Å². The number of halogens is 1. The van der Waals surface area contributed by atoms with Gasteiger partial charge in [-0.25, -0.2) is 0 Å².